The highest BCUT2D eigenvalue weighted by molar-refractivity contribution is 5.77. The fourth-order valence-corrected chi connectivity index (χ4v) is 1.51. The SMILES string of the molecule is CC(C)(C)NNc1ncnc(Nc2ccc(F)cc2)c1N. The number of nitrogens with two attached hydrogens (primary N) is 1. The number of hydrogen-bond donors (Lipinski definition) is 4. The Labute approximate surface area is 123 Å². The largest absolute Gasteiger partial charge is 0.393 e. The van der Waals surface area contributed by atoms with Gasteiger partial charge in [-0.05, 0) is 45.0 Å². The smallest absolute Gasteiger partial charge is 0.169 e. The van der Waals surface area contributed by atoms with Crippen molar-refractivity contribution in [3.05, 3.63) is 36.4 Å². The summed E-state index contributed by atoms with van der Waals surface area (Å²) in [6.07, 6.45) is 1.40. The number of hydrogen-bond acceptors (Lipinski definition) is 6. The molecule has 0 fully saturated rings. The first kappa shape index (κ1) is 15.0. The van der Waals surface area contributed by atoms with Gasteiger partial charge in [-0.2, -0.15) is 0 Å². The van der Waals surface area contributed by atoms with Gasteiger partial charge in [-0.1, -0.05) is 0 Å². The van der Waals surface area contributed by atoms with Crippen molar-refractivity contribution in [1.29, 1.82) is 0 Å². The van der Waals surface area contributed by atoms with Crippen LogP contribution in [-0.2, 0) is 0 Å². The highest BCUT2D eigenvalue weighted by atomic mass is 19.1. The molecule has 1 aromatic carbocycles. The lowest BCUT2D eigenvalue weighted by Crippen LogP contribution is -2.40. The van der Waals surface area contributed by atoms with Crippen molar-refractivity contribution in [2.45, 2.75) is 26.3 Å². The zero-order valence-electron chi connectivity index (χ0n) is 12.2. The maximum absolute atomic E-state index is 12.9. The van der Waals surface area contributed by atoms with Crippen molar-refractivity contribution in [1.82, 2.24) is 15.4 Å². The number of rotatable bonds is 4. The quantitative estimate of drug-likeness (QED) is 0.648. The zero-order chi connectivity index (χ0) is 15.5. The molecule has 1 heterocycles. The third-order valence-corrected chi connectivity index (χ3v) is 2.55. The normalized spacial score (nSPS) is 11.2. The van der Waals surface area contributed by atoms with Gasteiger partial charge >= 0.3 is 0 Å². The molecule has 0 radical (unpaired) electrons. The minimum absolute atomic E-state index is 0.137. The molecule has 0 atom stereocenters. The molecule has 1 aromatic heterocycles. The van der Waals surface area contributed by atoms with Crippen LogP contribution in [0.5, 0.6) is 0 Å². The van der Waals surface area contributed by atoms with Crippen LogP contribution in [0.2, 0.25) is 0 Å². The highest BCUT2D eigenvalue weighted by Gasteiger charge is 2.12. The molecule has 0 saturated heterocycles. The van der Waals surface area contributed by atoms with Gasteiger partial charge in [-0.15, -0.1) is 0 Å². The third kappa shape index (κ3) is 4.28. The fourth-order valence-electron chi connectivity index (χ4n) is 1.51. The van der Waals surface area contributed by atoms with E-state index in [4.69, 9.17) is 5.73 Å². The highest BCUT2D eigenvalue weighted by Crippen LogP contribution is 2.25. The number of hydrazine groups is 1. The number of nitrogen functional groups attached to an aromatic ring is 1. The van der Waals surface area contributed by atoms with E-state index in [0.717, 1.165) is 0 Å². The van der Waals surface area contributed by atoms with Crippen LogP contribution in [0.3, 0.4) is 0 Å². The molecule has 2 aromatic rings. The summed E-state index contributed by atoms with van der Waals surface area (Å²) in [6, 6.07) is 5.94. The van der Waals surface area contributed by atoms with E-state index >= 15 is 0 Å². The fraction of sp³-hybridized carbons (Fsp3) is 0.286. The molecule has 0 spiro atoms. The van der Waals surface area contributed by atoms with Crippen molar-refractivity contribution < 1.29 is 4.39 Å². The minimum atomic E-state index is -0.298. The van der Waals surface area contributed by atoms with E-state index in [1.54, 1.807) is 12.1 Å². The standard InChI is InChI=1S/C14H19FN6/c1-14(2,3)21-20-13-11(16)12(17-8-18-13)19-10-6-4-9(15)5-7-10/h4-8,21H,16H2,1-3H3,(H2,17,18,19,20). The predicted octanol–water partition coefficient (Wildman–Crippen LogP) is 2.66. The molecule has 21 heavy (non-hydrogen) atoms. The van der Waals surface area contributed by atoms with Crippen LogP contribution in [0.1, 0.15) is 20.8 Å². The van der Waals surface area contributed by atoms with E-state index in [-0.39, 0.29) is 11.4 Å². The molecule has 112 valence electrons. The summed E-state index contributed by atoms with van der Waals surface area (Å²) in [6.45, 7) is 6.03. The number of anilines is 4. The second-order valence-corrected chi connectivity index (χ2v) is 5.62. The summed E-state index contributed by atoms with van der Waals surface area (Å²) in [7, 11) is 0. The first-order valence-corrected chi connectivity index (χ1v) is 6.51. The molecular formula is C14H19FN6. The molecule has 0 amide bonds. The average Bonchev–Trinajstić information content (AvgIpc) is 2.41. The molecule has 6 nitrogen and oxygen atoms in total. The van der Waals surface area contributed by atoms with Crippen LogP contribution in [0, 0.1) is 5.82 Å². The average molecular weight is 290 g/mol. The number of benzene rings is 1. The second kappa shape index (κ2) is 5.92. The number of aromatic nitrogens is 2. The van der Waals surface area contributed by atoms with Gasteiger partial charge in [0.25, 0.3) is 0 Å². The Balaban J connectivity index is 2.15. The van der Waals surface area contributed by atoms with E-state index in [2.05, 4.69) is 26.1 Å². The van der Waals surface area contributed by atoms with Crippen molar-refractivity contribution in [3.8, 4) is 0 Å². The lowest BCUT2D eigenvalue weighted by molar-refractivity contribution is 0.464. The summed E-state index contributed by atoms with van der Waals surface area (Å²) in [5.74, 6) is 0.632. The van der Waals surface area contributed by atoms with Gasteiger partial charge in [0.1, 0.15) is 17.8 Å². The van der Waals surface area contributed by atoms with Crippen LogP contribution in [0.15, 0.2) is 30.6 Å². The summed E-state index contributed by atoms with van der Waals surface area (Å²) < 4.78 is 12.9. The summed E-state index contributed by atoms with van der Waals surface area (Å²) in [5, 5.41) is 3.03. The molecule has 2 rings (SSSR count). The van der Waals surface area contributed by atoms with Crippen LogP contribution in [-0.4, -0.2) is 15.5 Å². The number of nitrogens with zero attached hydrogens (tertiary/aromatic N) is 2. The first-order chi connectivity index (χ1) is 9.85. The second-order valence-electron chi connectivity index (χ2n) is 5.62. The van der Waals surface area contributed by atoms with Crippen LogP contribution in [0.25, 0.3) is 0 Å². The Morgan fingerprint density at radius 2 is 1.67 bits per heavy atom. The Kier molecular flexibility index (Phi) is 4.23. The Morgan fingerprint density at radius 3 is 2.29 bits per heavy atom. The summed E-state index contributed by atoms with van der Waals surface area (Å²) in [5.41, 5.74) is 13.0. The van der Waals surface area contributed by atoms with Gasteiger partial charge in [0.15, 0.2) is 11.6 Å². The number of nitrogens with one attached hydrogen (secondary N) is 3. The molecule has 0 aliphatic rings. The number of halogens is 1. The van der Waals surface area contributed by atoms with E-state index in [9.17, 15) is 4.39 Å². The van der Waals surface area contributed by atoms with Crippen molar-refractivity contribution in [2.75, 3.05) is 16.5 Å². The first-order valence-electron chi connectivity index (χ1n) is 6.51. The van der Waals surface area contributed by atoms with E-state index in [0.29, 0.717) is 23.0 Å². The van der Waals surface area contributed by atoms with Crippen molar-refractivity contribution >= 4 is 23.0 Å². The third-order valence-electron chi connectivity index (χ3n) is 2.55. The van der Waals surface area contributed by atoms with Gasteiger partial charge in [-0.25, -0.2) is 19.8 Å². The van der Waals surface area contributed by atoms with Crippen LogP contribution >= 0.6 is 0 Å². The van der Waals surface area contributed by atoms with Crippen LogP contribution in [0.4, 0.5) is 27.4 Å². The maximum Gasteiger partial charge on any atom is 0.169 e. The summed E-state index contributed by atoms with van der Waals surface area (Å²) in [4.78, 5) is 8.18. The maximum atomic E-state index is 12.9. The zero-order valence-corrected chi connectivity index (χ0v) is 12.2. The molecule has 0 unspecified atom stereocenters. The summed E-state index contributed by atoms with van der Waals surface area (Å²) >= 11 is 0. The van der Waals surface area contributed by atoms with Crippen molar-refractivity contribution in [3.63, 3.8) is 0 Å². The molecule has 0 aliphatic heterocycles. The minimum Gasteiger partial charge on any atom is -0.393 e. The van der Waals surface area contributed by atoms with Crippen LogP contribution < -0.4 is 21.9 Å². The van der Waals surface area contributed by atoms with Gasteiger partial charge in [0.2, 0.25) is 0 Å². The van der Waals surface area contributed by atoms with E-state index < -0.39 is 0 Å². The Morgan fingerprint density at radius 1 is 1.05 bits per heavy atom. The predicted molar refractivity (Wildman–Crippen MR) is 82.6 cm³/mol. The van der Waals surface area contributed by atoms with Gasteiger partial charge in [0.05, 0.1) is 0 Å². The molecule has 5 N–H and O–H groups in total. The Hall–Kier alpha value is -2.41. The van der Waals surface area contributed by atoms with Gasteiger partial charge in [-0.3, -0.25) is 0 Å². The lowest BCUT2D eigenvalue weighted by Gasteiger charge is -2.22. The molecule has 0 aliphatic carbocycles. The van der Waals surface area contributed by atoms with E-state index in [1.807, 2.05) is 20.8 Å². The van der Waals surface area contributed by atoms with E-state index in [1.165, 1.54) is 18.5 Å². The van der Waals surface area contributed by atoms with Gasteiger partial charge in [0, 0.05) is 11.2 Å². The molecule has 7 heteroatoms. The topological polar surface area (TPSA) is 87.9 Å². The lowest BCUT2D eigenvalue weighted by atomic mass is 10.1. The molecular weight excluding hydrogens is 271 g/mol. The monoisotopic (exact) mass is 290 g/mol. The molecule has 0 bridgehead atoms. The van der Waals surface area contributed by atoms with Gasteiger partial charge < -0.3 is 16.5 Å². The molecule has 0 saturated carbocycles. The van der Waals surface area contributed by atoms with Crippen molar-refractivity contribution in [2.24, 2.45) is 0 Å². The Bertz CT molecular complexity index is 606.